The van der Waals surface area contributed by atoms with E-state index in [1.165, 1.54) is 6.42 Å². The van der Waals surface area contributed by atoms with Crippen LogP contribution in [-0.4, -0.2) is 49.7 Å². The van der Waals surface area contributed by atoms with Crippen molar-refractivity contribution in [2.24, 2.45) is 5.92 Å². The van der Waals surface area contributed by atoms with Crippen LogP contribution in [-0.2, 0) is 9.53 Å². The molecule has 1 unspecified atom stereocenters. The minimum absolute atomic E-state index is 0.0648. The Morgan fingerprint density at radius 3 is 2.92 bits per heavy atom. The van der Waals surface area contributed by atoms with Crippen molar-refractivity contribution < 1.29 is 9.53 Å². The third-order valence-electron chi connectivity index (χ3n) is 4.92. The number of carbonyl (C=O) groups excluding carboxylic acids is 1. The van der Waals surface area contributed by atoms with Crippen LogP contribution in [0.4, 0.5) is 0 Å². The van der Waals surface area contributed by atoms with Gasteiger partial charge in [-0.3, -0.25) is 4.79 Å². The second-order valence-electron chi connectivity index (χ2n) is 6.88. The van der Waals surface area contributed by atoms with E-state index in [-0.39, 0.29) is 11.9 Å². The summed E-state index contributed by atoms with van der Waals surface area (Å²) in [5.41, 5.74) is 1.46. The number of piperidine rings is 1. The number of nitrogens with zero attached hydrogens (tertiary/aromatic N) is 2. The van der Waals surface area contributed by atoms with Crippen molar-refractivity contribution in [2.75, 3.05) is 32.8 Å². The molecule has 132 valence electrons. The quantitative estimate of drug-likeness (QED) is 0.835. The molecule has 2 aliphatic rings. The first-order chi connectivity index (χ1) is 12.2. The van der Waals surface area contributed by atoms with E-state index >= 15 is 0 Å². The van der Waals surface area contributed by atoms with Gasteiger partial charge in [-0.15, -0.1) is 0 Å². The number of rotatable bonds is 5. The zero-order valence-electron chi connectivity index (χ0n) is 14.5. The molecule has 1 aromatic rings. The van der Waals surface area contributed by atoms with Crippen LogP contribution < -0.4 is 5.32 Å². The molecule has 0 radical (unpaired) electrons. The van der Waals surface area contributed by atoms with Crippen LogP contribution in [0.1, 0.15) is 30.4 Å². The zero-order chi connectivity index (χ0) is 17.5. The molecule has 0 aliphatic carbocycles. The Morgan fingerprint density at radius 2 is 2.20 bits per heavy atom. The molecular weight excluding hydrogens is 314 g/mol. The Balaban J connectivity index is 1.41. The normalized spacial score (nSPS) is 22.1. The molecule has 5 heteroatoms. The fourth-order valence-corrected chi connectivity index (χ4v) is 3.49. The van der Waals surface area contributed by atoms with Gasteiger partial charge in [-0.2, -0.15) is 5.26 Å². The summed E-state index contributed by atoms with van der Waals surface area (Å²) in [6, 6.07) is 9.58. The van der Waals surface area contributed by atoms with E-state index in [9.17, 15) is 4.79 Å². The minimum atomic E-state index is -0.0648. The number of hydrogen-bond donors (Lipinski definition) is 1. The largest absolute Gasteiger partial charge is 0.381 e. The summed E-state index contributed by atoms with van der Waals surface area (Å²) in [6.07, 6.45) is 6.48. The van der Waals surface area contributed by atoms with Gasteiger partial charge >= 0.3 is 0 Å². The standard InChI is InChI=1S/C20H25N3O2/c21-13-17-3-1-2-16(12-17)4-5-20(24)22-19-6-9-23(10-7-19)14-18-8-11-25-15-18/h1-5,12,18-19H,6-11,14-15H2,(H,22,24). The highest BCUT2D eigenvalue weighted by Crippen LogP contribution is 2.17. The maximum Gasteiger partial charge on any atom is 0.244 e. The Bertz CT molecular complexity index is 651. The summed E-state index contributed by atoms with van der Waals surface area (Å²) in [6.45, 7) is 5.00. The summed E-state index contributed by atoms with van der Waals surface area (Å²) >= 11 is 0. The van der Waals surface area contributed by atoms with E-state index in [0.29, 0.717) is 11.5 Å². The molecule has 0 saturated carbocycles. The number of carbonyl (C=O) groups is 1. The molecule has 1 N–H and O–H groups in total. The summed E-state index contributed by atoms with van der Waals surface area (Å²) in [5, 5.41) is 12.0. The van der Waals surface area contributed by atoms with E-state index in [1.807, 2.05) is 12.1 Å². The van der Waals surface area contributed by atoms with E-state index < -0.39 is 0 Å². The average Bonchev–Trinajstić information content (AvgIpc) is 3.15. The van der Waals surface area contributed by atoms with Gasteiger partial charge in [0.15, 0.2) is 0 Å². The first-order valence-electron chi connectivity index (χ1n) is 9.02. The molecule has 2 heterocycles. The Kier molecular flexibility index (Phi) is 6.21. The molecule has 1 amide bonds. The van der Waals surface area contributed by atoms with E-state index in [4.69, 9.17) is 10.00 Å². The fourth-order valence-electron chi connectivity index (χ4n) is 3.49. The molecule has 5 nitrogen and oxygen atoms in total. The highest BCUT2D eigenvalue weighted by Gasteiger charge is 2.24. The molecule has 0 spiro atoms. The Morgan fingerprint density at radius 1 is 1.36 bits per heavy atom. The molecule has 2 saturated heterocycles. The van der Waals surface area contributed by atoms with Crippen LogP contribution in [0.3, 0.4) is 0 Å². The van der Waals surface area contributed by atoms with Crippen molar-refractivity contribution >= 4 is 12.0 Å². The van der Waals surface area contributed by atoms with Crippen LogP contribution in [0.25, 0.3) is 6.08 Å². The van der Waals surface area contributed by atoms with Crippen molar-refractivity contribution in [2.45, 2.75) is 25.3 Å². The van der Waals surface area contributed by atoms with Crippen LogP contribution in [0.5, 0.6) is 0 Å². The minimum Gasteiger partial charge on any atom is -0.381 e. The third kappa shape index (κ3) is 5.42. The topological polar surface area (TPSA) is 65.4 Å². The second-order valence-corrected chi connectivity index (χ2v) is 6.88. The van der Waals surface area contributed by atoms with Crippen molar-refractivity contribution in [3.05, 3.63) is 41.5 Å². The number of likely N-dealkylation sites (tertiary alicyclic amines) is 1. The first-order valence-corrected chi connectivity index (χ1v) is 9.02. The van der Waals surface area contributed by atoms with Crippen molar-refractivity contribution in [3.63, 3.8) is 0 Å². The van der Waals surface area contributed by atoms with Crippen LogP contribution in [0.2, 0.25) is 0 Å². The highest BCUT2D eigenvalue weighted by atomic mass is 16.5. The highest BCUT2D eigenvalue weighted by molar-refractivity contribution is 5.91. The van der Waals surface area contributed by atoms with Gasteiger partial charge in [0.25, 0.3) is 0 Å². The Labute approximate surface area is 149 Å². The van der Waals surface area contributed by atoms with Gasteiger partial charge in [-0.1, -0.05) is 12.1 Å². The number of amides is 1. The number of benzene rings is 1. The lowest BCUT2D eigenvalue weighted by Crippen LogP contribution is -2.45. The first kappa shape index (κ1) is 17.7. The van der Waals surface area contributed by atoms with Gasteiger partial charge in [0, 0.05) is 38.4 Å². The maximum absolute atomic E-state index is 12.1. The number of nitriles is 1. The van der Waals surface area contributed by atoms with Crippen molar-refractivity contribution in [3.8, 4) is 6.07 Å². The molecule has 0 bridgehead atoms. The number of nitrogens with one attached hydrogen (secondary N) is 1. The summed E-state index contributed by atoms with van der Waals surface area (Å²) in [4.78, 5) is 14.6. The van der Waals surface area contributed by atoms with Gasteiger partial charge < -0.3 is 15.0 Å². The van der Waals surface area contributed by atoms with E-state index in [2.05, 4.69) is 16.3 Å². The van der Waals surface area contributed by atoms with Crippen molar-refractivity contribution in [1.29, 1.82) is 5.26 Å². The van der Waals surface area contributed by atoms with E-state index in [0.717, 1.165) is 51.3 Å². The lowest BCUT2D eigenvalue weighted by atomic mass is 10.0. The van der Waals surface area contributed by atoms with Gasteiger partial charge in [-0.25, -0.2) is 0 Å². The second kappa shape index (κ2) is 8.80. The predicted octanol–water partition coefficient (Wildman–Crippen LogP) is 2.19. The van der Waals surface area contributed by atoms with Gasteiger partial charge in [-0.05, 0) is 49.0 Å². The summed E-state index contributed by atoms with van der Waals surface area (Å²) < 4.78 is 5.44. The van der Waals surface area contributed by atoms with Crippen molar-refractivity contribution in [1.82, 2.24) is 10.2 Å². The maximum atomic E-state index is 12.1. The monoisotopic (exact) mass is 339 g/mol. The predicted molar refractivity (Wildman–Crippen MR) is 96.7 cm³/mol. The van der Waals surface area contributed by atoms with Crippen LogP contribution in [0.15, 0.2) is 30.3 Å². The molecular formula is C20H25N3O2. The number of hydrogen-bond acceptors (Lipinski definition) is 4. The molecule has 25 heavy (non-hydrogen) atoms. The molecule has 1 atom stereocenters. The number of ether oxygens (including phenoxy) is 1. The van der Waals surface area contributed by atoms with Gasteiger partial charge in [0.1, 0.15) is 0 Å². The molecule has 2 aliphatic heterocycles. The van der Waals surface area contributed by atoms with E-state index in [1.54, 1.807) is 24.3 Å². The SMILES string of the molecule is N#Cc1cccc(C=CC(=O)NC2CCN(CC3CCOC3)CC2)c1. The zero-order valence-corrected chi connectivity index (χ0v) is 14.5. The fraction of sp³-hybridized carbons (Fsp3) is 0.500. The van der Waals surface area contributed by atoms with Crippen LogP contribution >= 0.6 is 0 Å². The molecule has 0 aromatic heterocycles. The van der Waals surface area contributed by atoms with Gasteiger partial charge in [0.05, 0.1) is 18.2 Å². The third-order valence-corrected chi connectivity index (χ3v) is 4.92. The summed E-state index contributed by atoms with van der Waals surface area (Å²) in [5.74, 6) is 0.614. The molecule has 3 rings (SSSR count). The Hall–Kier alpha value is -2.16. The van der Waals surface area contributed by atoms with Crippen LogP contribution in [0, 0.1) is 17.2 Å². The summed E-state index contributed by atoms with van der Waals surface area (Å²) in [7, 11) is 0. The molecule has 1 aromatic carbocycles. The smallest absolute Gasteiger partial charge is 0.244 e. The van der Waals surface area contributed by atoms with Gasteiger partial charge in [0.2, 0.25) is 5.91 Å². The average molecular weight is 339 g/mol. The lowest BCUT2D eigenvalue weighted by molar-refractivity contribution is -0.117. The lowest BCUT2D eigenvalue weighted by Gasteiger charge is -2.33. The molecule has 2 fully saturated rings.